The summed E-state index contributed by atoms with van der Waals surface area (Å²) < 4.78 is 4.35. The van der Waals surface area contributed by atoms with Crippen molar-refractivity contribution < 1.29 is 0 Å². The van der Waals surface area contributed by atoms with Crippen LogP contribution in [0.5, 0.6) is 0 Å². The third-order valence-electron chi connectivity index (χ3n) is 3.57. The number of nitrogens with zero attached hydrogens (tertiary/aromatic N) is 2. The second kappa shape index (κ2) is 3.91. The molecule has 0 aromatic carbocycles. The van der Waals surface area contributed by atoms with Gasteiger partial charge in [-0.05, 0) is 56.0 Å². The highest BCUT2D eigenvalue weighted by molar-refractivity contribution is 7.10. The second-order valence-corrected chi connectivity index (χ2v) is 5.79. The Hall–Kier alpha value is -0.770. The second-order valence-electron chi connectivity index (χ2n) is 5.04. The van der Waals surface area contributed by atoms with Gasteiger partial charge in [-0.15, -0.1) is 0 Å². The van der Waals surface area contributed by atoms with Crippen LogP contribution in [0.3, 0.4) is 0 Å². The first-order chi connectivity index (χ1) is 7.79. The third kappa shape index (κ3) is 1.90. The fraction of sp³-hybridized carbons (Fsp3) is 0.750. The molecule has 2 aliphatic carbocycles. The Kier molecular flexibility index (Phi) is 2.54. The molecule has 0 bridgehead atoms. The van der Waals surface area contributed by atoms with E-state index in [9.17, 15) is 0 Å². The number of hydrogen-bond donors (Lipinski definition) is 1. The van der Waals surface area contributed by atoms with Gasteiger partial charge in [0.05, 0.1) is 0 Å². The number of anilines is 2. The lowest BCUT2D eigenvalue weighted by molar-refractivity contribution is 0.744. The zero-order chi connectivity index (χ0) is 11.1. The Labute approximate surface area is 101 Å². The molecule has 3 nitrogen and oxygen atoms in total. The molecule has 2 saturated carbocycles. The zero-order valence-corrected chi connectivity index (χ0v) is 10.6. The first-order valence-electron chi connectivity index (χ1n) is 6.29. The lowest BCUT2D eigenvalue weighted by atomic mass is 10.2. The van der Waals surface area contributed by atoms with Gasteiger partial charge < -0.3 is 10.6 Å². The maximum Gasteiger partial charge on any atom is 0.142 e. The normalized spacial score (nSPS) is 20.1. The van der Waals surface area contributed by atoms with E-state index in [0.717, 1.165) is 18.3 Å². The number of hydrogen-bond acceptors (Lipinski definition) is 4. The minimum absolute atomic E-state index is 0.710. The van der Waals surface area contributed by atoms with Crippen LogP contribution in [0.1, 0.15) is 44.1 Å². The van der Waals surface area contributed by atoms with Gasteiger partial charge in [-0.3, -0.25) is 0 Å². The summed E-state index contributed by atoms with van der Waals surface area (Å²) in [5.41, 5.74) is 7.35. The van der Waals surface area contributed by atoms with Crippen molar-refractivity contribution in [2.24, 2.45) is 5.92 Å². The van der Waals surface area contributed by atoms with Crippen molar-refractivity contribution in [3.8, 4) is 0 Å². The fourth-order valence-corrected chi connectivity index (χ4v) is 3.22. The number of nitrogen functional groups attached to an aromatic ring is 1. The Morgan fingerprint density at radius 2 is 2.12 bits per heavy atom. The first kappa shape index (κ1) is 10.4. The molecule has 0 atom stereocenters. The molecule has 1 heterocycles. The molecule has 1 aromatic heterocycles. The van der Waals surface area contributed by atoms with Crippen LogP contribution >= 0.6 is 11.5 Å². The molecule has 1 aromatic rings. The molecule has 2 aliphatic rings. The molecular weight excluding hydrogens is 218 g/mol. The smallest absolute Gasteiger partial charge is 0.142 e. The van der Waals surface area contributed by atoms with Gasteiger partial charge in [0.2, 0.25) is 0 Å². The number of aromatic nitrogens is 1. The molecular formula is C12H19N3S. The molecule has 16 heavy (non-hydrogen) atoms. The van der Waals surface area contributed by atoms with E-state index in [1.807, 2.05) is 0 Å². The average Bonchev–Trinajstić information content (AvgIpc) is 3.17. The third-order valence-corrected chi connectivity index (χ3v) is 4.51. The van der Waals surface area contributed by atoms with Gasteiger partial charge in [-0.25, -0.2) is 0 Å². The van der Waals surface area contributed by atoms with Crippen LogP contribution < -0.4 is 10.6 Å². The van der Waals surface area contributed by atoms with Crippen LogP contribution in [0, 0.1) is 5.92 Å². The van der Waals surface area contributed by atoms with Crippen molar-refractivity contribution in [1.29, 1.82) is 0 Å². The summed E-state index contributed by atoms with van der Waals surface area (Å²) in [4.78, 5) is 2.49. The largest absolute Gasteiger partial charge is 0.383 e. The predicted octanol–water partition coefficient (Wildman–Crippen LogP) is 2.84. The Bertz CT molecular complexity index is 380. The van der Waals surface area contributed by atoms with E-state index < -0.39 is 0 Å². The molecule has 0 saturated heterocycles. The summed E-state index contributed by atoms with van der Waals surface area (Å²) in [5, 5.41) is 1.36. The summed E-state index contributed by atoms with van der Waals surface area (Å²) in [6.45, 7) is 4.52. The van der Waals surface area contributed by atoms with E-state index in [1.165, 1.54) is 42.8 Å². The SMILES string of the molecule is CCN(CC1CC1)c1snc(N)c1C1CC1. The Morgan fingerprint density at radius 3 is 2.69 bits per heavy atom. The van der Waals surface area contributed by atoms with Crippen molar-refractivity contribution in [1.82, 2.24) is 4.37 Å². The van der Waals surface area contributed by atoms with E-state index in [0.29, 0.717) is 5.92 Å². The summed E-state index contributed by atoms with van der Waals surface area (Å²) in [7, 11) is 0. The highest BCUT2D eigenvalue weighted by atomic mass is 32.1. The highest BCUT2D eigenvalue weighted by Gasteiger charge is 2.33. The number of nitrogens with two attached hydrogens (primary N) is 1. The van der Waals surface area contributed by atoms with Crippen molar-refractivity contribution in [3.63, 3.8) is 0 Å². The van der Waals surface area contributed by atoms with E-state index >= 15 is 0 Å². The van der Waals surface area contributed by atoms with Gasteiger partial charge in [-0.1, -0.05) is 0 Å². The maximum absolute atomic E-state index is 5.99. The summed E-state index contributed by atoms with van der Waals surface area (Å²) >= 11 is 1.60. The summed E-state index contributed by atoms with van der Waals surface area (Å²) in [6, 6.07) is 0. The van der Waals surface area contributed by atoms with E-state index in [-0.39, 0.29) is 0 Å². The fourth-order valence-electron chi connectivity index (χ4n) is 2.25. The summed E-state index contributed by atoms with van der Waals surface area (Å²) in [5.74, 6) is 2.43. The van der Waals surface area contributed by atoms with E-state index in [2.05, 4.69) is 16.2 Å². The topological polar surface area (TPSA) is 42.2 Å². The van der Waals surface area contributed by atoms with Crippen LogP contribution in [0.4, 0.5) is 10.8 Å². The summed E-state index contributed by atoms with van der Waals surface area (Å²) in [6.07, 6.45) is 5.42. The minimum Gasteiger partial charge on any atom is -0.383 e. The van der Waals surface area contributed by atoms with E-state index in [4.69, 9.17) is 5.73 Å². The molecule has 0 amide bonds. The van der Waals surface area contributed by atoms with Gasteiger partial charge in [0, 0.05) is 18.7 Å². The molecule has 3 rings (SSSR count). The van der Waals surface area contributed by atoms with Crippen molar-refractivity contribution >= 4 is 22.4 Å². The van der Waals surface area contributed by atoms with Gasteiger partial charge in [0.25, 0.3) is 0 Å². The van der Waals surface area contributed by atoms with Crippen LogP contribution in [0.2, 0.25) is 0 Å². The van der Waals surface area contributed by atoms with Crippen LogP contribution in [0.25, 0.3) is 0 Å². The molecule has 2 fully saturated rings. The lowest BCUT2D eigenvalue weighted by Crippen LogP contribution is -2.25. The Morgan fingerprint density at radius 1 is 1.38 bits per heavy atom. The quantitative estimate of drug-likeness (QED) is 0.856. The van der Waals surface area contributed by atoms with Gasteiger partial charge in [0.15, 0.2) is 0 Å². The van der Waals surface area contributed by atoms with Gasteiger partial charge >= 0.3 is 0 Å². The Balaban J connectivity index is 1.84. The van der Waals surface area contributed by atoms with E-state index in [1.54, 1.807) is 11.5 Å². The monoisotopic (exact) mass is 237 g/mol. The molecule has 4 heteroatoms. The lowest BCUT2D eigenvalue weighted by Gasteiger charge is -2.22. The minimum atomic E-state index is 0.710. The number of rotatable bonds is 5. The molecule has 2 N–H and O–H groups in total. The first-order valence-corrected chi connectivity index (χ1v) is 7.07. The van der Waals surface area contributed by atoms with Gasteiger partial charge in [-0.2, -0.15) is 4.37 Å². The highest BCUT2D eigenvalue weighted by Crippen LogP contribution is 2.49. The molecule has 88 valence electrons. The van der Waals surface area contributed by atoms with Crippen LogP contribution in [0.15, 0.2) is 0 Å². The van der Waals surface area contributed by atoms with Crippen LogP contribution in [-0.2, 0) is 0 Å². The zero-order valence-electron chi connectivity index (χ0n) is 9.78. The standard InChI is InChI=1S/C12H19N3S/c1-2-15(7-8-3-4-8)12-10(9-5-6-9)11(13)14-16-12/h8-9H,2-7H2,1H3,(H2,13,14). The van der Waals surface area contributed by atoms with Gasteiger partial charge in [0.1, 0.15) is 10.8 Å². The van der Waals surface area contributed by atoms with Crippen molar-refractivity contribution in [2.75, 3.05) is 23.7 Å². The molecule has 0 aliphatic heterocycles. The maximum atomic E-state index is 5.99. The molecule has 0 radical (unpaired) electrons. The van der Waals surface area contributed by atoms with Crippen molar-refractivity contribution in [3.05, 3.63) is 5.56 Å². The van der Waals surface area contributed by atoms with Crippen molar-refractivity contribution in [2.45, 2.75) is 38.5 Å². The average molecular weight is 237 g/mol. The molecule has 0 spiro atoms. The molecule has 0 unspecified atom stereocenters. The predicted molar refractivity (Wildman–Crippen MR) is 69.1 cm³/mol. The van der Waals surface area contributed by atoms with Crippen LogP contribution in [-0.4, -0.2) is 17.5 Å².